The second-order valence-electron chi connectivity index (χ2n) is 8.07. The highest BCUT2D eigenvalue weighted by molar-refractivity contribution is 5.69. The number of carbonyl (C=O) groups is 1. The first-order chi connectivity index (χ1) is 11.9. The summed E-state index contributed by atoms with van der Waals surface area (Å²) in [6.07, 6.45) is 2.00. The number of carbonyl (C=O) groups excluding carboxylic acids is 1. The molecule has 138 valence electrons. The fourth-order valence-electron chi connectivity index (χ4n) is 3.74. The lowest BCUT2D eigenvalue weighted by molar-refractivity contribution is -0.00887. The van der Waals surface area contributed by atoms with Gasteiger partial charge in [-0.1, -0.05) is 30.3 Å². The van der Waals surface area contributed by atoms with Crippen LogP contribution in [0.1, 0.15) is 39.2 Å². The minimum Gasteiger partial charge on any atom is -0.444 e. The van der Waals surface area contributed by atoms with Gasteiger partial charge >= 0.3 is 6.09 Å². The van der Waals surface area contributed by atoms with E-state index >= 15 is 0 Å². The van der Waals surface area contributed by atoms with E-state index in [1.807, 2.05) is 43.9 Å². The van der Waals surface area contributed by atoms with Crippen molar-refractivity contribution in [2.75, 3.05) is 26.2 Å². The van der Waals surface area contributed by atoms with E-state index in [4.69, 9.17) is 9.47 Å². The number of hydrogen-bond acceptors (Lipinski definition) is 4. The van der Waals surface area contributed by atoms with Crippen LogP contribution in [-0.2, 0) is 16.1 Å². The molecule has 25 heavy (non-hydrogen) atoms. The van der Waals surface area contributed by atoms with Crippen LogP contribution in [0.25, 0.3) is 0 Å². The van der Waals surface area contributed by atoms with Gasteiger partial charge in [-0.05, 0) is 39.2 Å². The van der Waals surface area contributed by atoms with E-state index < -0.39 is 5.60 Å². The van der Waals surface area contributed by atoms with Gasteiger partial charge in [0, 0.05) is 31.7 Å². The Labute approximate surface area is 150 Å². The van der Waals surface area contributed by atoms with Crippen LogP contribution in [0.4, 0.5) is 4.79 Å². The first-order valence-corrected chi connectivity index (χ1v) is 9.28. The first-order valence-electron chi connectivity index (χ1n) is 9.28. The fourth-order valence-corrected chi connectivity index (χ4v) is 3.74. The maximum Gasteiger partial charge on any atom is 0.410 e. The average molecular weight is 346 g/mol. The zero-order valence-corrected chi connectivity index (χ0v) is 15.6. The van der Waals surface area contributed by atoms with Crippen molar-refractivity contribution in [2.24, 2.45) is 0 Å². The number of nitrogens with zero attached hydrogens (tertiary/aromatic N) is 2. The molecule has 2 aliphatic heterocycles. The molecular formula is C20H30N2O3. The van der Waals surface area contributed by atoms with E-state index in [0.29, 0.717) is 6.61 Å². The Morgan fingerprint density at radius 2 is 1.76 bits per heavy atom. The molecule has 2 fully saturated rings. The number of piperazine rings is 1. The maximum atomic E-state index is 12.5. The summed E-state index contributed by atoms with van der Waals surface area (Å²) in [5.41, 5.74) is 0.774. The summed E-state index contributed by atoms with van der Waals surface area (Å²) < 4.78 is 11.4. The minimum absolute atomic E-state index is 0.153. The van der Waals surface area contributed by atoms with Gasteiger partial charge in [-0.25, -0.2) is 4.79 Å². The molecule has 5 heteroatoms. The molecule has 0 spiro atoms. The molecule has 2 aliphatic rings. The van der Waals surface area contributed by atoms with Gasteiger partial charge in [-0.3, -0.25) is 9.80 Å². The van der Waals surface area contributed by atoms with Gasteiger partial charge in [-0.2, -0.15) is 0 Å². The molecular weight excluding hydrogens is 316 g/mol. The minimum atomic E-state index is -0.432. The van der Waals surface area contributed by atoms with E-state index in [2.05, 4.69) is 17.0 Å². The Balaban J connectivity index is 1.43. The largest absolute Gasteiger partial charge is 0.444 e. The Kier molecular flexibility index (Phi) is 5.64. The van der Waals surface area contributed by atoms with Gasteiger partial charge in [0.2, 0.25) is 0 Å². The molecule has 1 aromatic carbocycles. The van der Waals surface area contributed by atoms with Gasteiger partial charge in [-0.15, -0.1) is 0 Å². The molecule has 0 radical (unpaired) electrons. The van der Waals surface area contributed by atoms with Crippen molar-refractivity contribution in [2.45, 2.75) is 57.9 Å². The number of fused-ring (bicyclic) bond motifs is 2. The van der Waals surface area contributed by atoms with Crippen LogP contribution < -0.4 is 0 Å². The van der Waals surface area contributed by atoms with Gasteiger partial charge in [0.25, 0.3) is 0 Å². The van der Waals surface area contributed by atoms with Gasteiger partial charge in [0.05, 0.1) is 13.2 Å². The summed E-state index contributed by atoms with van der Waals surface area (Å²) in [6, 6.07) is 10.8. The third kappa shape index (κ3) is 4.95. The first kappa shape index (κ1) is 18.2. The molecule has 0 aromatic heterocycles. The Bertz CT molecular complexity index is 556. The van der Waals surface area contributed by atoms with Crippen molar-refractivity contribution in [3.63, 3.8) is 0 Å². The van der Waals surface area contributed by atoms with Crippen LogP contribution >= 0.6 is 0 Å². The van der Waals surface area contributed by atoms with Gasteiger partial charge in [0.15, 0.2) is 0 Å². The predicted octanol–water partition coefficient (Wildman–Crippen LogP) is 3.29. The molecule has 2 saturated heterocycles. The zero-order chi connectivity index (χ0) is 17.9. The number of likely N-dealkylation sites (tertiary alicyclic amines) is 1. The van der Waals surface area contributed by atoms with Gasteiger partial charge < -0.3 is 9.47 Å². The van der Waals surface area contributed by atoms with Crippen molar-refractivity contribution in [1.29, 1.82) is 0 Å². The second-order valence-corrected chi connectivity index (χ2v) is 8.07. The molecule has 0 aliphatic carbocycles. The van der Waals surface area contributed by atoms with Crippen LogP contribution in [0.2, 0.25) is 0 Å². The smallest absolute Gasteiger partial charge is 0.410 e. The zero-order valence-electron chi connectivity index (χ0n) is 15.6. The van der Waals surface area contributed by atoms with Crippen LogP contribution in [0.3, 0.4) is 0 Å². The van der Waals surface area contributed by atoms with Crippen molar-refractivity contribution in [1.82, 2.24) is 9.80 Å². The molecule has 1 amide bonds. The van der Waals surface area contributed by atoms with E-state index in [1.54, 1.807) is 0 Å². The number of benzene rings is 1. The summed E-state index contributed by atoms with van der Waals surface area (Å²) >= 11 is 0. The highest BCUT2D eigenvalue weighted by atomic mass is 16.6. The molecule has 2 heterocycles. The Hall–Kier alpha value is -1.59. The molecule has 2 atom stereocenters. The highest BCUT2D eigenvalue weighted by Crippen LogP contribution is 2.31. The summed E-state index contributed by atoms with van der Waals surface area (Å²) in [5.74, 6) is 0. The lowest BCUT2D eigenvalue weighted by Crippen LogP contribution is -2.57. The molecule has 0 N–H and O–H groups in total. The normalized spacial score (nSPS) is 23.7. The fraction of sp³-hybridized carbons (Fsp3) is 0.650. The summed E-state index contributed by atoms with van der Waals surface area (Å²) in [4.78, 5) is 16.9. The van der Waals surface area contributed by atoms with Gasteiger partial charge in [0.1, 0.15) is 5.60 Å². The number of rotatable bonds is 5. The molecule has 2 bridgehead atoms. The molecule has 0 saturated carbocycles. The Morgan fingerprint density at radius 1 is 1.12 bits per heavy atom. The third-order valence-corrected chi connectivity index (χ3v) is 4.83. The van der Waals surface area contributed by atoms with E-state index in [-0.39, 0.29) is 18.2 Å². The lowest BCUT2D eigenvalue weighted by Gasteiger charge is -2.41. The maximum absolute atomic E-state index is 12.5. The number of hydrogen-bond donors (Lipinski definition) is 0. The number of ether oxygens (including phenoxy) is 2. The topological polar surface area (TPSA) is 42.0 Å². The summed E-state index contributed by atoms with van der Waals surface area (Å²) in [6.45, 7) is 9.91. The van der Waals surface area contributed by atoms with E-state index in [0.717, 1.165) is 39.1 Å². The lowest BCUT2D eigenvalue weighted by atomic mass is 10.2. The molecule has 3 rings (SSSR count). The number of amides is 1. The van der Waals surface area contributed by atoms with Crippen LogP contribution in [0.5, 0.6) is 0 Å². The molecule has 5 nitrogen and oxygen atoms in total. The van der Waals surface area contributed by atoms with Crippen LogP contribution in [0, 0.1) is 0 Å². The van der Waals surface area contributed by atoms with E-state index in [9.17, 15) is 4.79 Å². The monoisotopic (exact) mass is 346 g/mol. The summed E-state index contributed by atoms with van der Waals surface area (Å²) in [7, 11) is 0. The molecule has 1 aromatic rings. The van der Waals surface area contributed by atoms with Crippen molar-refractivity contribution < 1.29 is 14.3 Å². The highest BCUT2D eigenvalue weighted by Gasteiger charge is 2.43. The van der Waals surface area contributed by atoms with Crippen LogP contribution in [-0.4, -0.2) is 59.8 Å². The standard InChI is InChI=1S/C20H30N2O3/c1-20(2,3)25-19(23)22-17-9-10-18(22)14-21(13-17)11-12-24-15-16-7-5-4-6-8-16/h4-8,17-18H,9-15H2,1-3H3. The molecule has 2 unspecified atom stereocenters. The third-order valence-electron chi connectivity index (χ3n) is 4.83. The SMILES string of the molecule is CC(C)(C)OC(=O)N1C2CCC1CN(CCOCc1ccccc1)C2. The van der Waals surface area contributed by atoms with Crippen molar-refractivity contribution in [3.05, 3.63) is 35.9 Å². The quantitative estimate of drug-likeness (QED) is 0.767. The second kappa shape index (κ2) is 7.75. The summed E-state index contributed by atoms with van der Waals surface area (Å²) in [5, 5.41) is 0. The Morgan fingerprint density at radius 3 is 2.36 bits per heavy atom. The van der Waals surface area contributed by atoms with Crippen molar-refractivity contribution in [3.8, 4) is 0 Å². The van der Waals surface area contributed by atoms with Crippen molar-refractivity contribution >= 4 is 6.09 Å². The predicted molar refractivity (Wildman–Crippen MR) is 97.4 cm³/mol. The van der Waals surface area contributed by atoms with E-state index in [1.165, 1.54) is 5.56 Å². The average Bonchev–Trinajstić information content (AvgIpc) is 2.82. The van der Waals surface area contributed by atoms with Crippen LogP contribution in [0.15, 0.2) is 30.3 Å².